The molecule has 1 aromatic heterocycles. The van der Waals surface area contributed by atoms with Gasteiger partial charge in [-0.2, -0.15) is 0 Å². The van der Waals surface area contributed by atoms with Crippen LogP contribution in [0.3, 0.4) is 0 Å². The van der Waals surface area contributed by atoms with Crippen LogP contribution < -0.4 is 5.32 Å². The first-order valence-electron chi connectivity index (χ1n) is 5.66. The quantitative estimate of drug-likeness (QED) is 0.869. The first-order valence-corrected chi connectivity index (χ1v) is 6.48. The number of nitrogens with one attached hydrogen (secondary N) is 1. The van der Waals surface area contributed by atoms with Crippen molar-refractivity contribution < 1.29 is 4.39 Å². The predicted molar refractivity (Wildman–Crippen MR) is 70.7 cm³/mol. The minimum atomic E-state index is -0.182. The molecule has 0 amide bonds. The van der Waals surface area contributed by atoms with Gasteiger partial charge in [0.25, 0.3) is 0 Å². The van der Waals surface area contributed by atoms with Gasteiger partial charge in [0.1, 0.15) is 5.82 Å². The maximum absolute atomic E-state index is 12.7. The lowest BCUT2D eigenvalue weighted by atomic mass is 10.2. The molecule has 1 nitrogen and oxygen atoms in total. The number of benzene rings is 1. The number of halogens is 1. The van der Waals surface area contributed by atoms with Crippen molar-refractivity contribution in [2.45, 2.75) is 26.9 Å². The first-order chi connectivity index (χ1) is 8.15. The summed E-state index contributed by atoms with van der Waals surface area (Å²) >= 11 is 1.83. The van der Waals surface area contributed by atoms with Crippen LogP contribution in [0.25, 0.3) is 0 Å². The largest absolute Gasteiger partial charge is 0.308 e. The molecular formula is C14H16FNS. The molecule has 0 fully saturated rings. The highest BCUT2D eigenvalue weighted by molar-refractivity contribution is 7.12. The number of aryl methyl sites for hydroxylation is 2. The molecule has 3 heteroatoms. The second-order valence-corrected chi connectivity index (χ2v) is 5.52. The fraction of sp³-hybridized carbons (Fsp3) is 0.286. The van der Waals surface area contributed by atoms with Crippen molar-refractivity contribution >= 4 is 11.3 Å². The third kappa shape index (κ3) is 3.38. The van der Waals surface area contributed by atoms with Gasteiger partial charge < -0.3 is 5.32 Å². The molecule has 0 spiro atoms. The van der Waals surface area contributed by atoms with Gasteiger partial charge in [-0.1, -0.05) is 12.1 Å². The Kier molecular flexibility index (Phi) is 3.92. The van der Waals surface area contributed by atoms with E-state index in [1.807, 2.05) is 23.5 Å². The van der Waals surface area contributed by atoms with E-state index in [0.717, 1.165) is 18.7 Å². The normalized spacial score (nSPS) is 10.8. The third-order valence-electron chi connectivity index (χ3n) is 2.76. The highest BCUT2D eigenvalue weighted by Crippen LogP contribution is 2.20. The summed E-state index contributed by atoms with van der Waals surface area (Å²) in [4.78, 5) is 2.73. The second-order valence-electron chi connectivity index (χ2n) is 4.18. The summed E-state index contributed by atoms with van der Waals surface area (Å²) < 4.78 is 12.7. The SMILES string of the molecule is Cc1cc(CNCc2ccc(F)cc2)sc1C. The molecule has 17 heavy (non-hydrogen) atoms. The molecule has 0 saturated carbocycles. The molecule has 1 heterocycles. The molecule has 0 unspecified atom stereocenters. The van der Waals surface area contributed by atoms with Crippen LogP contribution in [0.1, 0.15) is 20.9 Å². The first kappa shape index (κ1) is 12.3. The zero-order chi connectivity index (χ0) is 12.3. The number of hydrogen-bond donors (Lipinski definition) is 1. The molecular weight excluding hydrogens is 233 g/mol. The van der Waals surface area contributed by atoms with Crippen LogP contribution in [-0.4, -0.2) is 0 Å². The van der Waals surface area contributed by atoms with Crippen molar-refractivity contribution in [1.82, 2.24) is 5.32 Å². The second kappa shape index (κ2) is 5.43. The van der Waals surface area contributed by atoms with Crippen LogP contribution in [-0.2, 0) is 13.1 Å². The topological polar surface area (TPSA) is 12.0 Å². The summed E-state index contributed by atoms with van der Waals surface area (Å²) in [6, 6.07) is 8.84. The van der Waals surface area contributed by atoms with Gasteiger partial charge in [-0.05, 0) is 43.2 Å². The molecule has 0 saturated heterocycles. The third-order valence-corrected chi connectivity index (χ3v) is 3.91. The molecule has 90 valence electrons. The van der Waals surface area contributed by atoms with Gasteiger partial charge in [-0.3, -0.25) is 0 Å². The number of rotatable bonds is 4. The lowest BCUT2D eigenvalue weighted by Crippen LogP contribution is -2.11. The molecule has 0 atom stereocenters. The Labute approximate surface area is 105 Å². The molecule has 2 rings (SSSR count). The molecule has 1 N–H and O–H groups in total. The zero-order valence-electron chi connectivity index (χ0n) is 10.1. The lowest BCUT2D eigenvalue weighted by Gasteiger charge is -2.03. The molecule has 0 aliphatic rings. The monoisotopic (exact) mass is 249 g/mol. The Morgan fingerprint density at radius 2 is 1.82 bits per heavy atom. The minimum absolute atomic E-state index is 0.182. The minimum Gasteiger partial charge on any atom is -0.308 e. The highest BCUT2D eigenvalue weighted by Gasteiger charge is 2.01. The van der Waals surface area contributed by atoms with Gasteiger partial charge in [-0.25, -0.2) is 4.39 Å². The van der Waals surface area contributed by atoms with E-state index in [-0.39, 0.29) is 5.82 Å². The Balaban J connectivity index is 1.85. The van der Waals surface area contributed by atoms with Crippen LogP contribution in [0, 0.1) is 19.7 Å². The van der Waals surface area contributed by atoms with Gasteiger partial charge in [0, 0.05) is 22.8 Å². The maximum atomic E-state index is 12.7. The summed E-state index contributed by atoms with van der Waals surface area (Å²) in [5.74, 6) is -0.182. The van der Waals surface area contributed by atoms with E-state index in [4.69, 9.17) is 0 Å². The average Bonchev–Trinajstić information content (AvgIpc) is 2.61. The average molecular weight is 249 g/mol. The standard InChI is InChI=1S/C14H16FNS/c1-10-7-14(17-11(10)2)9-16-8-12-3-5-13(15)6-4-12/h3-7,16H,8-9H2,1-2H3. The van der Waals surface area contributed by atoms with Crippen LogP contribution in [0.4, 0.5) is 4.39 Å². The van der Waals surface area contributed by atoms with Crippen molar-refractivity contribution in [3.63, 3.8) is 0 Å². The van der Waals surface area contributed by atoms with Crippen LogP contribution in [0.2, 0.25) is 0 Å². The molecule has 0 aliphatic carbocycles. The summed E-state index contributed by atoms with van der Waals surface area (Å²) in [5, 5.41) is 3.37. The van der Waals surface area contributed by atoms with Crippen LogP contribution in [0.15, 0.2) is 30.3 Å². The Bertz CT molecular complexity index is 468. The molecule has 2 aromatic rings. The van der Waals surface area contributed by atoms with Gasteiger partial charge in [0.2, 0.25) is 0 Å². The molecule has 0 aliphatic heterocycles. The molecule has 1 aromatic carbocycles. The predicted octanol–water partition coefficient (Wildman–Crippen LogP) is 3.79. The lowest BCUT2D eigenvalue weighted by molar-refractivity contribution is 0.625. The molecule has 0 bridgehead atoms. The van der Waals surface area contributed by atoms with Crippen molar-refractivity contribution in [3.8, 4) is 0 Å². The fourth-order valence-corrected chi connectivity index (χ4v) is 2.69. The van der Waals surface area contributed by atoms with Crippen molar-refractivity contribution in [3.05, 3.63) is 57.0 Å². The zero-order valence-corrected chi connectivity index (χ0v) is 10.9. The van der Waals surface area contributed by atoms with E-state index in [2.05, 4.69) is 25.2 Å². The van der Waals surface area contributed by atoms with Crippen molar-refractivity contribution in [1.29, 1.82) is 0 Å². The highest BCUT2D eigenvalue weighted by atomic mass is 32.1. The summed E-state index contributed by atoms with van der Waals surface area (Å²) in [5.41, 5.74) is 2.46. The van der Waals surface area contributed by atoms with E-state index in [1.54, 1.807) is 0 Å². The Morgan fingerprint density at radius 1 is 1.12 bits per heavy atom. The Hall–Kier alpha value is -1.19. The van der Waals surface area contributed by atoms with E-state index >= 15 is 0 Å². The van der Waals surface area contributed by atoms with Gasteiger partial charge >= 0.3 is 0 Å². The van der Waals surface area contributed by atoms with Crippen LogP contribution >= 0.6 is 11.3 Å². The summed E-state index contributed by atoms with van der Waals surface area (Å²) in [6.07, 6.45) is 0. The van der Waals surface area contributed by atoms with Crippen molar-refractivity contribution in [2.75, 3.05) is 0 Å². The van der Waals surface area contributed by atoms with Gasteiger partial charge in [-0.15, -0.1) is 11.3 Å². The smallest absolute Gasteiger partial charge is 0.123 e. The summed E-state index contributed by atoms with van der Waals surface area (Å²) in [7, 11) is 0. The fourth-order valence-electron chi connectivity index (χ4n) is 1.67. The van der Waals surface area contributed by atoms with Crippen molar-refractivity contribution in [2.24, 2.45) is 0 Å². The van der Waals surface area contributed by atoms with Gasteiger partial charge in [0.15, 0.2) is 0 Å². The van der Waals surface area contributed by atoms with E-state index in [9.17, 15) is 4.39 Å². The number of thiophene rings is 1. The Morgan fingerprint density at radius 3 is 2.41 bits per heavy atom. The molecule has 0 radical (unpaired) electrons. The van der Waals surface area contributed by atoms with E-state index < -0.39 is 0 Å². The van der Waals surface area contributed by atoms with E-state index in [1.165, 1.54) is 27.5 Å². The van der Waals surface area contributed by atoms with E-state index in [0.29, 0.717) is 0 Å². The summed E-state index contributed by atoms with van der Waals surface area (Å²) in [6.45, 7) is 5.92. The maximum Gasteiger partial charge on any atom is 0.123 e. The van der Waals surface area contributed by atoms with Gasteiger partial charge in [0.05, 0.1) is 0 Å². The van der Waals surface area contributed by atoms with Crippen LogP contribution in [0.5, 0.6) is 0 Å². The number of hydrogen-bond acceptors (Lipinski definition) is 2.